The van der Waals surface area contributed by atoms with Crippen molar-refractivity contribution in [3.63, 3.8) is 0 Å². The summed E-state index contributed by atoms with van der Waals surface area (Å²) in [6.45, 7) is 2.78. The van der Waals surface area contributed by atoms with Gasteiger partial charge in [-0.2, -0.15) is 0 Å². The summed E-state index contributed by atoms with van der Waals surface area (Å²) in [5.41, 5.74) is 21.8. The molecule has 0 spiro atoms. The van der Waals surface area contributed by atoms with Crippen LogP contribution in [-0.4, -0.2) is 30.9 Å². The lowest BCUT2D eigenvalue weighted by Crippen LogP contribution is -2.49. The van der Waals surface area contributed by atoms with Crippen molar-refractivity contribution in [1.82, 2.24) is 0 Å². The summed E-state index contributed by atoms with van der Waals surface area (Å²) in [6.07, 6.45) is 0. The molecule has 1 heterocycles. The highest BCUT2D eigenvalue weighted by Gasteiger charge is 2.36. The molecule has 0 aromatic heterocycles. The number of anilines is 4. The molecule has 7 nitrogen and oxygen atoms in total. The minimum Gasteiger partial charge on any atom is -0.366 e. The quantitative estimate of drug-likeness (QED) is 0.592. The first-order valence-electron chi connectivity index (χ1n) is 10.1. The van der Waals surface area contributed by atoms with Gasteiger partial charge in [-0.25, -0.2) is 0 Å². The van der Waals surface area contributed by atoms with Gasteiger partial charge in [0.05, 0.1) is 28.5 Å². The van der Waals surface area contributed by atoms with Crippen molar-refractivity contribution in [2.45, 2.75) is 13.0 Å². The Kier molecular flexibility index (Phi) is 5.35. The topological polar surface area (TPSA) is 119 Å². The van der Waals surface area contributed by atoms with Crippen LogP contribution in [-0.2, 0) is 0 Å². The molecule has 1 aliphatic heterocycles. The highest BCUT2D eigenvalue weighted by atomic mass is 16.2. The zero-order valence-electron chi connectivity index (χ0n) is 17.3. The Labute approximate surface area is 181 Å². The largest absolute Gasteiger partial charge is 0.366 e. The van der Waals surface area contributed by atoms with Gasteiger partial charge in [0.1, 0.15) is 0 Å². The molecule has 0 saturated carbocycles. The normalized spacial score (nSPS) is 15.5. The van der Waals surface area contributed by atoms with Crippen molar-refractivity contribution in [3.8, 4) is 0 Å². The molecular formula is C24H25N5O2. The predicted octanol–water partition coefficient (Wildman–Crippen LogP) is 2.81. The first-order chi connectivity index (χ1) is 14.9. The molecule has 0 fully saturated rings. The third-order valence-electron chi connectivity index (χ3n) is 5.70. The first-order valence-corrected chi connectivity index (χ1v) is 10.1. The Bertz CT molecular complexity index is 1130. The minimum absolute atomic E-state index is 0.0744. The molecule has 158 valence electrons. The second-order valence-corrected chi connectivity index (χ2v) is 7.56. The maximum absolute atomic E-state index is 12.3. The smallest absolute Gasteiger partial charge is 0.249 e. The molecule has 7 heteroatoms. The zero-order chi connectivity index (χ0) is 22.1. The van der Waals surface area contributed by atoms with E-state index in [4.69, 9.17) is 17.2 Å². The summed E-state index contributed by atoms with van der Waals surface area (Å²) in [5.74, 6) is -1.39. The Morgan fingerprint density at radius 1 is 0.935 bits per heavy atom. The van der Waals surface area contributed by atoms with Crippen LogP contribution >= 0.6 is 0 Å². The average Bonchev–Trinajstić information content (AvgIpc) is 2.78. The maximum atomic E-state index is 12.3. The minimum atomic E-state index is -0.700. The van der Waals surface area contributed by atoms with Crippen molar-refractivity contribution >= 4 is 34.6 Å². The molecule has 6 N–H and O–H groups in total. The van der Waals surface area contributed by atoms with E-state index in [2.05, 4.69) is 9.80 Å². The molecule has 3 aromatic carbocycles. The fourth-order valence-corrected chi connectivity index (χ4v) is 4.37. The van der Waals surface area contributed by atoms with Gasteiger partial charge in [-0.15, -0.1) is 0 Å². The number of amides is 2. The van der Waals surface area contributed by atoms with E-state index in [0.717, 1.165) is 22.7 Å². The summed E-state index contributed by atoms with van der Waals surface area (Å²) in [4.78, 5) is 28.8. The molecule has 0 bridgehead atoms. The van der Waals surface area contributed by atoms with Crippen molar-refractivity contribution < 1.29 is 9.59 Å². The van der Waals surface area contributed by atoms with E-state index < -0.39 is 11.8 Å². The van der Waals surface area contributed by atoms with Gasteiger partial charge in [0, 0.05) is 24.5 Å². The van der Waals surface area contributed by atoms with Crippen LogP contribution in [0.3, 0.4) is 0 Å². The number of nitrogens with zero attached hydrogens (tertiary/aromatic N) is 2. The summed E-state index contributed by atoms with van der Waals surface area (Å²) >= 11 is 0. The van der Waals surface area contributed by atoms with Crippen molar-refractivity contribution in [1.29, 1.82) is 0 Å². The Hall–Kier alpha value is -3.84. The number of hydrogen-bond acceptors (Lipinski definition) is 5. The molecule has 0 radical (unpaired) electrons. The number of fused-ring (bicyclic) bond motifs is 1. The maximum Gasteiger partial charge on any atom is 0.249 e. The zero-order valence-corrected chi connectivity index (χ0v) is 17.3. The third kappa shape index (κ3) is 3.49. The first kappa shape index (κ1) is 20.4. The number of carbonyl (C=O) groups excluding carboxylic acids is 2. The lowest BCUT2D eigenvalue weighted by atomic mass is 9.92. The van der Waals surface area contributed by atoms with Gasteiger partial charge in [-0.3, -0.25) is 9.59 Å². The standard InChI is InChI=1S/C24H25N5O2/c1-15-21(24(27)31)19(23(26)30)12-20-22(15)28(16-8-4-2-5-9-16)14-18(13-25)29(20)17-10-6-3-7-11-17/h2-12,18H,13-14,25H2,1H3,(H2,26,30)(H2,27,31). The van der Waals surface area contributed by atoms with Crippen LogP contribution in [0.2, 0.25) is 0 Å². The van der Waals surface area contributed by atoms with Crippen LogP contribution < -0.4 is 27.0 Å². The van der Waals surface area contributed by atoms with Gasteiger partial charge >= 0.3 is 0 Å². The molecule has 3 aromatic rings. The number of rotatable bonds is 5. The summed E-state index contributed by atoms with van der Waals surface area (Å²) in [5, 5.41) is 0. The van der Waals surface area contributed by atoms with Crippen LogP contribution in [0.25, 0.3) is 0 Å². The third-order valence-corrected chi connectivity index (χ3v) is 5.70. The number of primary amides is 2. The van der Waals surface area contributed by atoms with Crippen molar-refractivity contribution in [2.75, 3.05) is 22.9 Å². The van der Waals surface area contributed by atoms with E-state index in [0.29, 0.717) is 18.7 Å². The van der Waals surface area contributed by atoms with Gasteiger partial charge in [0.15, 0.2) is 0 Å². The summed E-state index contributed by atoms with van der Waals surface area (Å²) in [6, 6.07) is 21.3. The number of para-hydroxylation sites is 2. The summed E-state index contributed by atoms with van der Waals surface area (Å²) < 4.78 is 0. The number of carbonyl (C=O) groups is 2. The van der Waals surface area contributed by atoms with Crippen LogP contribution in [0.5, 0.6) is 0 Å². The second kappa shape index (κ2) is 8.12. The van der Waals surface area contributed by atoms with Gasteiger partial charge < -0.3 is 27.0 Å². The highest BCUT2D eigenvalue weighted by molar-refractivity contribution is 6.10. The van der Waals surface area contributed by atoms with Crippen LogP contribution in [0.1, 0.15) is 26.3 Å². The van der Waals surface area contributed by atoms with Gasteiger partial charge in [0.2, 0.25) is 11.8 Å². The van der Waals surface area contributed by atoms with Crippen LogP contribution in [0.15, 0.2) is 66.7 Å². The van der Waals surface area contributed by atoms with E-state index in [1.807, 2.05) is 60.7 Å². The van der Waals surface area contributed by atoms with Gasteiger partial charge in [0.25, 0.3) is 0 Å². The van der Waals surface area contributed by atoms with E-state index in [1.54, 1.807) is 13.0 Å². The van der Waals surface area contributed by atoms with Crippen LogP contribution in [0, 0.1) is 6.92 Å². The van der Waals surface area contributed by atoms with Gasteiger partial charge in [-0.1, -0.05) is 36.4 Å². The van der Waals surface area contributed by atoms with Crippen molar-refractivity contribution in [2.24, 2.45) is 17.2 Å². The van der Waals surface area contributed by atoms with E-state index in [1.165, 1.54) is 0 Å². The van der Waals surface area contributed by atoms with Crippen LogP contribution in [0.4, 0.5) is 22.7 Å². The Balaban J connectivity index is 2.06. The monoisotopic (exact) mass is 415 g/mol. The molecule has 4 rings (SSSR count). The van der Waals surface area contributed by atoms with E-state index in [-0.39, 0.29) is 17.2 Å². The van der Waals surface area contributed by atoms with E-state index >= 15 is 0 Å². The highest BCUT2D eigenvalue weighted by Crippen LogP contribution is 2.46. The molecule has 1 unspecified atom stereocenters. The molecule has 0 aliphatic carbocycles. The second-order valence-electron chi connectivity index (χ2n) is 7.56. The lowest BCUT2D eigenvalue weighted by Gasteiger charge is -2.45. The van der Waals surface area contributed by atoms with Gasteiger partial charge in [-0.05, 0) is 42.8 Å². The van der Waals surface area contributed by atoms with E-state index in [9.17, 15) is 9.59 Å². The predicted molar refractivity (Wildman–Crippen MR) is 123 cm³/mol. The lowest BCUT2D eigenvalue weighted by molar-refractivity contribution is 0.0967. The SMILES string of the molecule is Cc1c(C(N)=O)c(C(N)=O)cc2c1N(c1ccccc1)CC(CN)N2c1ccccc1. The fraction of sp³-hybridized carbons (Fsp3) is 0.167. The number of hydrogen-bond donors (Lipinski definition) is 3. The number of benzene rings is 3. The van der Waals surface area contributed by atoms with Crippen molar-refractivity contribution in [3.05, 3.63) is 83.4 Å². The molecule has 0 saturated heterocycles. The Morgan fingerprint density at radius 3 is 2.03 bits per heavy atom. The molecule has 1 aliphatic rings. The molecule has 2 amide bonds. The molecule has 31 heavy (non-hydrogen) atoms. The average molecular weight is 415 g/mol. The molecular weight excluding hydrogens is 390 g/mol. The molecule has 1 atom stereocenters. The summed E-state index contributed by atoms with van der Waals surface area (Å²) in [7, 11) is 0. The number of nitrogens with two attached hydrogens (primary N) is 3. The Morgan fingerprint density at radius 2 is 1.52 bits per heavy atom. The fourth-order valence-electron chi connectivity index (χ4n) is 4.37.